The molecule has 1 saturated carbocycles. The molecule has 0 spiro atoms. The minimum absolute atomic E-state index is 0.0413. The molecule has 86 valence electrons. The zero-order valence-electron chi connectivity index (χ0n) is 9.44. The molecule has 3 heteroatoms. The maximum atomic E-state index is 12.0. The fourth-order valence-electron chi connectivity index (χ4n) is 1.94. The number of carbonyl (C=O) groups is 1. The smallest absolute Gasteiger partial charge is 0.230 e. The summed E-state index contributed by atoms with van der Waals surface area (Å²) in [5.41, 5.74) is 0.758. The summed E-state index contributed by atoms with van der Waals surface area (Å²) < 4.78 is 0. The first-order chi connectivity index (χ1) is 7.65. The van der Waals surface area contributed by atoms with Gasteiger partial charge in [-0.05, 0) is 25.3 Å². The summed E-state index contributed by atoms with van der Waals surface area (Å²) in [5.74, 6) is 0.0413. The Hall–Kier alpha value is -1.35. The van der Waals surface area contributed by atoms with E-state index in [1.165, 1.54) is 0 Å². The molecule has 0 aliphatic heterocycles. The van der Waals surface area contributed by atoms with Crippen LogP contribution in [0.5, 0.6) is 0 Å². The van der Waals surface area contributed by atoms with Crippen molar-refractivity contribution < 1.29 is 9.90 Å². The number of aliphatic hydroxyl groups excluding tert-OH is 1. The van der Waals surface area contributed by atoms with Crippen molar-refractivity contribution in [2.45, 2.75) is 31.3 Å². The minimum atomic E-state index is -0.490. The van der Waals surface area contributed by atoms with Crippen LogP contribution in [0.4, 0.5) is 0 Å². The molecule has 1 aliphatic carbocycles. The first-order valence-electron chi connectivity index (χ1n) is 5.67. The highest BCUT2D eigenvalue weighted by molar-refractivity contribution is 5.91. The molecular formula is C13H17NO2. The van der Waals surface area contributed by atoms with E-state index < -0.39 is 6.10 Å². The molecule has 1 amide bonds. The molecule has 1 aromatic carbocycles. The Morgan fingerprint density at radius 3 is 2.56 bits per heavy atom. The van der Waals surface area contributed by atoms with E-state index in [1.54, 1.807) is 6.92 Å². The molecule has 1 fully saturated rings. The predicted octanol–water partition coefficient (Wildman–Crippen LogP) is 1.22. The summed E-state index contributed by atoms with van der Waals surface area (Å²) in [6, 6.07) is 9.85. The molecular weight excluding hydrogens is 202 g/mol. The van der Waals surface area contributed by atoms with E-state index in [0.717, 1.165) is 18.4 Å². The zero-order valence-corrected chi connectivity index (χ0v) is 9.44. The molecule has 1 aliphatic rings. The molecule has 16 heavy (non-hydrogen) atoms. The molecule has 1 atom stereocenters. The Morgan fingerprint density at radius 2 is 2.06 bits per heavy atom. The third-order valence-corrected chi connectivity index (χ3v) is 3.07. The van der Waals surface area contributed by atoms with Crippen LogP contribution in [-0.4, -0.2) is 23.7 Å². The van der Waals surface area contributed by atoms with Crippen LogP contribution >= 0.6 is 0 Å². The lowest BCUT2D eigenvalue weighted by Gasteiger charge is -2.16. The van der Waals surface area contributed by atoms with Crippen molar-refractivity contribution in [2.24, 2.45) is 0 Å². The Labute approximate surface area is 95.5 Å². The molecule has 1 aromatic rings. The first-order valence-corrected chi connectivity index (χ1v) is 5.67. The van der Waals surface area contributed by atoms with Crippen LogP contribution in [0.3, 0.4) is 0 Å². The van der Waals surface area contributed by atoms with Gasteiger partial charge in [-0.1, -0.05) is 30.3 Å². The average Bonchev–Trinajstić information content (AvgIpc) is 3.08. The van der Waals surface area contributed by atoms with Crippen LogP contribution in [0.1, 0.15) is 25.3 Å². The lowest BCUT2D eigenvalue weighted by atomic mass is 9.95. The van der Waals surface area contributed by atoms with Gasteiger partial charge < -0.3 is 10.4 Å². The molecule has 2 N–H and O–H groups in total. The van der Waals surface area contributed by atoms with Crippen molar-refractivity contribution in [1.82, 2.24) is 5.32 Å². The van der Waals surface area contributed by atoms with Gasteiger partial charge in [0, 0.05) is 6.54 Å². The number of amides is 1. The Bertz CT molecular complexity index is 369. The maximum absolute atomic E-state index is 12.0. The van der Waals surface area contributed by atoms with E-state index in [1.807, 2.05) is 30.3 Å². The number of hydrogen-bond donors (Lipinski definition) is 2. The highest BCUT2D eigenvalue weighted by atomic mass is 16.3. The fourth-order valence-corrected chi connectivity index (χ4v) is 1.94. The van der Waals surface area contributed by atoms with Crippen molar-refractivity contribution >= 4 is 5.91 Å². The van der Waals surface area contributed by atoms with Crippen LogP contribution in [0.15, 0.2) is 30.3 Å². The van der Waals surface area contributed by atoms with Crippen molar-refractivity contribution in [2.75, 3.05) is 6.54 Å². The molecule has 0 saturated heterocycles. The summed E-state index contributed by atoms with van der Waals surface area (Å²) >= 11 is 0. The van der Waals surface area contributed by atoms with Crippen LogP contribution < -0.4 is 5.32 Å². The van der Waals surface area contributed by atoms with Crippen molar-refractivity contribution in [1.29, 1.82) is 0 Å². The van der Waals surface area contributed by atoms with Gasteiger partial charge in [0.1, 0.15) is 0 Å². The van der Waals surface area contributed by atoms with Crippen molar-refractivity contribution in [3.63, 3.8) is 0 Å². The molecule has 0 aromatic heterocycles. The van der Waals surface area contributed by atoms with Gasteiger partial charge >= 0.3 is 0 Å². The van der Waals surface area contributed by atoms with Crippen LogP contribution in [0.25, 0.3) is 0 Å². The van der Waals surface area contributed by atoms with E-state index in [4.69, 9.17) is 5.11 Å². The number of hydrogen-bond acceptors (Lipinski definition) is 2. The summed E-state index contributed by atoms with van der Waals surface area (Å²) in [4.78, 5) is 12.0. The SMILES string of the molecule is C[C@@H](O)CNC(=O)C1(c2ccccc2)CC1. The molecule has 2 rings (SSSR count). The zero-order chi connectivity index (χ0) is 11.6. The number of carbonyl (C=O) groups excluding carboxylic acids is 1. The second kappa shape index (κ2) is 4.26. The molecule has 0 bridgehead atoms. The van der Waals surface area contributed by atoms with E-state index in [9.17, 15) is 4.79 Å². The number of nitrogens with one attached hydrogen (secondary N) is 1. The van der Waals surface area contributed by atoms with Crippen LogP contribution in [0, 0.1) is 0 Å². The lowest BCUT2D eigenvalue weighted by Crippen LogP contribution is -2.38. The van der Waals surface area contributed by atoms with Crippen LogP contribution in [-0.2, 0) is 10.2 Å². The predicted molar refractivity (Wildman–Crippen MR) is 62.0 cm³/mol. The highest BCUT2D eigenvalue weighted by Gasteiger charge is 2.50. The molecule has 0 unspecified atom stereocenters. The number of rotatable bonds is 4. The average molecular weight is 219 g/mol. The Balaban J connectivity index is 2.06. The third-order valence-electron chi connectivity index (χ3n) is 3.07. The summed E-state index contributed by atoms with van der Waals surface area (Å²) in [7, 11) is 0. The van der Waals surface area contributed by atoms with Crippen molar-refractivity contribution in [3.05, 3.63) is 35.9 Å². The van der Waals surface area contributed by atoms with Gasteiger partial charge in [-0.2, -0.15) is 0 Å². The number of aliphatic hydroxyl groups is 1. The Morgan fingerprint density at radius 1 is 1.44 bits per heavy atom. The van der Waals surface area contributed by atoms with Gasteiger partial charge in [0.25, 0.3) is 0 Å². The van der Waals surface area contributed by atoms with E-state index in [0.29, 0.717) is 6.54 Å². The highest BCUT2D eigenvalue weighted by Crippen LogP contribution is 2.48. The van der Waals surface area contributed by atoms with Gasteiger partial charge in [0.05, 0.1) is 11.5 Å². The van der Waals surface area contributed by atoms with Gasteiger partial charge in [0.2, 0.25) is 5.91 Å². The third kappa shape index (κ3) is 2.09. The van der Waals surface area contributed by atoms with Gasteiger partial charge in [0.15, 0.2) is 0 Å². The quantitative estimate of drug-likeness (QED) is 0.799. The van der Waals surface area contributed by atoms with Gasteiger partial charge in [-0.15, -0.1) is 0 Å². The second-order valence-electron chi connectivity index (χ2n) is 4.51. The Kier molecular flexibility index (Phi) is 2.97. The maximum Gasteiger partial charge on any atom is 0.230 e. The largest absolute Gasteiger partial charge is 0.392 e. The van der Waals surface area contributed by atoms with Crippen molar-refractivity contribution in [3.8, 4) is 0 Å². The van der Waals surface area contributed by atoms with E-state index in [2.05, 4.69) is 5.32 Å². The van der Waals surface area contributed by atoms with Gasteiger partial charge in [-0.3, -0.25) is 4.79 Å². The molecule has 3 nitrogen and oxygen atoms in total. The molecule has 0 radical (unpaired) electrons. The van der Waals surface area contributed by atoms with Gasteiger partial charge in [-0.25, -0.2) is 0 Å². The van der Waals surface area contributed by atoms with Crippen LogP contribution in [0.2, 0.25) is 0 Å². The fraction of sp³-hybridized carbons (Fsp3) is 0.462. The van der Waals surface area contributed by atoms with E-state index >= 15 is 0 Å². The first kappa shape index (κ1) is 11.1. The summed E-state index contributed by atoms with van der Waals surface area (Å²) in [5, 5.41) is 11.9. The van der Waals surface area contributed by atoms with E-state index in [-0.39, 0.29) is 11.3 Å². The minimum Gasteiger partial charge on any atom is -0.392 e. The monoisotopic (exact) mass is 219 g/mol. The standard InChI is InChI=1S/C13H17NO2/c1-10(15)9-14-12(16)13(7-8-13)11-5-3-2-4-6-11/h2-6,10,15H,7-9H2,1H3,(H,14,16)/t10-/m1/s1. The second-order valence-corrected chi connectivity index (χ2v) is 4.51. The normalized spacial score (nSPS) is 18.9. The summed E-state index contributed by atoms with van der Waals surface area (Å²) in [6.07, 6.45) is 1.32. The lowest BCUT2D eigenvalue weighted by molar-refractivity contribution is -0.124. The number of benzene rings is 1. The molecule has 0 heterocycles. The topological polar surface area (TPSA) is 49.3 Å². The summed E-state index contributed by atoms with van der Waals surface area (Å²) in [6.45, 7) is 2.00.